The minimum Gasteiger partial charge on any atom is -0.497 e. The zero-order chi connectivity index (χ0) is 19.5. The van der Waals surface area contributed by atoms with Gasteiger partial charge in [-0.05, 0) is 81.1 Å². The van der Waals surface area contributed by atoms with Crippen LogP contribution >= 0.6 is 0 Å². The van der Waals surface area contributed by atoms with Crippen LogP contribution in [0.2, 0.25) is 0 Å². The van der Waals surface area contributed by atoms with Gasteiger partial charge in [-0.3, -0.25) is 14.6 Å². The lowest BCUT2D eigenvalue weighted by Crippen LogP contribution is -2.64. The predicted molar refractivity (Wildman–Crippen MR) is 109 cm³/mol. The lowest BCUT2D eigenvalue weighted by atomic mass is 9.69. The summed E-state index contributed by atoms with van der Waals surface area (Å²) in [6, 6.07) is 9.67. The summed E-state index contributed by atoms with van der Waals surface area (Å²) in [6.07, 6.45) is 7.34. The first-order valence-corrected chi connectivity index (χ1v) is 11.0. The maximum Gasteiger partial charge on any atom is 0.303 e. The van der Waals surface area contributed by atoms with Crippen molar-refractivity contribution in [3.05, 3.63) is 29.8 Å². The van der Waals surface area contributed by atoms with Crippen molar-refractivity contribution >= 4 is 5.97 Å². The summed E-state index contributed by atoms with van der Waals surface area (Å²) in [7, 11) is 1.70. The van der Waals surface area contributed by atoms with Gasteiger partial charge in [-0.1, -0.05) is 12.1 Å². The van der Waals surface area contributed by atoms with Crippen LogP contribution in [0.5, 0.6) is 5.75 Å². The molecular formula is C23H34N2O3. The minimum atomic E-state index is -0.668. The quantitative estimate of drug-likeness (QED) is 0.776. The number of hydrogen-bond donors (Lipinski definition) is 1. The first-order chi connectivity index (χ1) is 13.7. The van der Waals surface area contributed by atoms with Gasteiger partial charge < -0.3 is 9.84 Å². The highest BCUT2D eigenvalue weighted by atomic mass is 16.5. The van der Waals surface area contributed by atoms with Crippen LogP contribution in [-0.4, -0.2) is 59.7 Å². The molecule has 1 N–H and O–H groups in total. The van der Waals surface area contributed by atoms with E-state index in [9.17, 15) is 4.79 Å². The summed E-state index contributed by atoms with van der Waals surface area (Å²) < 4.78 is 5.31. The number of nitrogens with zero attached hydrogens (tertiary/aromatic N) is 2. The number of likely N-dealkylation sites (tertiary alicyclic amines) is 1. The molecule has 0 radical (unpaired) electrons. The Hall–Kier alpha value is -1.59. The average Bonchev–Trinajstić information content (AvgIpc) is 2.71. The predicted octanol–water partition coefficient (Wildman–Crippen LogP) is 3.62. The molecule has 3 heterocycles. The normalized spacial score (nSPS) is 30.6. The Balaban J connectivity index is 1.53. The smallest absolute Gasteiger partial charge is 0.303 e. The van der Waals surface area contributed by atoms with Crippen LogP contribution in [0, 0.1) is 11.8 Å². The standard InChI is InChI=1S/C23H34N2O3/c1-28-19-11-9-17(10-12-19)15-25-16-18-5-3-13-24-14-4-6-20(23(18)24)21(25)7-2-8-22(26)27/h9-12,18,20-21,23H,2-8,13-16H2,1H3,(H,26,27)/t18-,20-,21-,23+/m1/s1. The van der Waals surface area contributed by atoms with Crippen LogP contribution in [0.4, 0.5) is 0 Å². The van der Waals surface area contributed by atoms with Crippen molar-refractivity contribution in [2.45, 2.75) is 63.6 Å². The molecule has 4 rings (SSSR count). The largest absolute Gasteiger partial charge is 0.497 e. The number of carboxylic acids is 1. The van der Waals surface area contributed by atoms with Gasteiger partial charge in [0.15, 0.2) is 0 Å². The van der Waals surface area contributed by atoms with Crippen molar-refractivity contribution in [1.29, 1.82) is 0 Å². The molecule has 5 heteroatoms. The molecule has 0 saturated carbocycles. The summed E-state index contributed by atoms with van der Waals surface area (Å²) in [6.45, 7) is 4.64. The monoisotopic (exact) mass is 386 g/mol. The topological polar surface area (TPSA) is 53.0 Å². The molecule has 5 nitrogen and oxygen atoms in total. The average molecular weight is 387 g/mol. The van der Waals surface area contributed by atoms with Crippen LogP contribution in [0.25, 0.3) is 0 Å². The van der Waals surface area contributed by atoms with E-state index in [1.165, 1.54) is 44.3 Å². The third kappa shape index (κ3) is 4.20. The SMILES string of the molecule is COc1ccc(CN2C[C@H]3CCCN4CCC[C@@H]([C@H]34)[C@H]2CCCC(=O)O)cc1. The number of rotatable bonds is 7. The van der Waals surface area contributed by atoms with Crippen LogP contribution in [0.3, 0.4) is 0 Å². The molecule has 3 saturated heterocycles. The van der Waals surface area contributed by atoms with Gasteiger partial charge in [0.2, 0.25) is 0 Å². The number of piperidine rings is 3. The second kappa shape index (κ2) is 8.83. The molecule has 3 aliphatic rings. The van der Waals surface area contributed by atoms with Gasteiger partial charge in [0.25, 0.3) is 0 Å². The summed E-state index contributed by atoms with van der Waals surface area (Å²) in [4.78, 5) is 16.5. The van der Waals surface area contributed by atoms with Crippen molar-refractivity contribution in [3.8, 4) is 5.75 Å². The second-order valence-electron chi connectivity index (χ2n) is 8.87. The maximum atomic E-state index is 11.1. The van der Waals surface area contributed by atoms with E-state index in [-0.39, 0.29) is 6.42 Å². The lowest BCUT2D eigenvalue weighted by molar-refractivity contribution is -0.137. The minimum absolute atomic E-state index is 0.289. The molecular weight excluding hydrogens is 352 g/mol. The molecule has 154 valence electrons. The fourth-order valence-corrected chi connectivity index (χ4v) is 6.09. The Morgan fingerprint density at radius 3 is 2.64 bits per heavy atom. The number of methoxy groups -OCH3 is 1. The van der Waals surface area contributed by atoms with E-state index in [1.807, 2.05) is 12.1 Å². The van der Waals surface area contributed by atoms with E-state index in [4.69, 9.17) is 9.84 Å². The first-order valence-electron chi connectivity index (χ1n) is 11.0. The van der Waals surface area contributed by atoms with Crippen LogP contribution in [0.15, 0.2) is 24.3 Å². The lowest BCUT2D eigenvalue weighted by Gasteiger charge is -2.57. The fourth-order valence-electron chi connectivity index (χ4n) is 6.09. The molecule has 0 spiro atoms. The van der Waals surface area contributed by atoms with Gasteiger partial charge >= 0.3 is 5.97 Å². The van der Waals surface area contributed by atoms with Crippen molar-refractivity contribution in [2.75, 3.05) is 26.7 Å². The molecule has 28 heavy (non-hydrogen) atoms. The van der Waals surface area contributed by atoms with E-state index >= 15 is 0 Å². The van der Waals surface area contributed by atoms with Gasteiger partial charge in [-0.2, -0.15) is 0 Å². The van der Waals surface area contributed by atoms with Crippen LogP contribution in [-0.2, 0) is 11.3 Å². The van der Waals surface area contributed by atoms with E-state index in [0.717, 1.165) is 43.6 Å². The number of hydrogen-bond acceptors (Lipinski definition) is 4. The Morgan fingerprint density at radius 1 is 1.18 bits per heavy atom. The first kappa shape index (κ1) is 19.7. The summed E-state index contributed by atoms with van der Waals surface area (Å²) in [5, 5.41) is 9.12. The molecule has 0 bridgehead atoms. The molecule has 3 aliphatic heterocycles. The zero-order valence-electron chi connectivity index (χ0n) is 17.1. The number of aliphatic carboxylic acids is 1. The molecule has 0 unspecified atom stereocenters. The second-order valence-corrected chi connectivity index (χ2v) is 8.87. The number of carboxylic acid groups (broad SMARTS) is 1. The van der Waals surface area contributed by atoms with E-state index in [0.29, 0.717) is 12.0 Å². The van der Waals surface area contributed by atoms with Gasteiger partial charge in [-0.15, -0.1) is 0 Å². The highest BCUT2D eigenvalue weighted by Gasteiger charge is 2.48. The molecule has 1 aromatic rings. The van der Waals surface area contributed by atoms with E-state index in [1.54, 1.807) is 7.11 Å². The summed E-state index contributed by atoms with van der Waals surface area (Å²) in [5.41, 5.74) is 1.32. The molecule has 4 atom stereocenters. The third-order valence-electron chi connectivity index (χ3n) is 7.21. The van der Waals surface area contributed by atoms with Crippen molar-refractivity contribution in [1.82, 2.24) is 9.80 Å². The summed E-state index contributed by atoms with van der Waals surface area (Å²) in [5.74, 6) is 1.70. The fraction of sp³-hybridized carbons (Fsp3) is 0.696. The Morgan fingerprint density at radius 2 is 1.93 bits per heavy atom. The molecule has 0 amide bonds. The van der Waals surface area contributed by atoms with Gasteiger partial charge in [0.1, 0.15) is 5.75 Å². The van der Waals surface area contributed by atoms with Crippen molar-refractivity contribution < 1.29 is 14.6 Å². The Bertz CT molecular complexity index is 660. The van der Waals surface area contributed by atoms with Crippen LogP contribution < -0.4 is 4.74 Å². The van der Waals surface area contributed by atoms with Gasteiger partial charge in [-0.25, -0.2) is 0 Å². The molecule has 0 aromatic heterocycles. The molecule has 3 fully saturated rings. The highest BCUT2D eigenvalue weighted by Crippen LogP contribution is 2.43. The maximum absolute atomic E-state index is 11.1. The van der Waals surface area contributed by atoms with E-state index < -0.39 is 5.97 Å². The van der Waals surface area contributed by atoms with Crippen molar-refractivity contribution in [2.24, 2.45) is 11.8 Å². The highest BCUT2D eigenvalue weighted by molar-refractivity contribution is 5.66. The van der Waals surface area contributed by atoms with Crippen molar-refractivity contribution in [3.63, 3.8) is 0 Å². The van der Waals surface area contributed by atoms with Gasteiger partial charge in [0.05, 0.1) is 7.11 Å². The Kier molecular flexibility index (Phi) is 6.22. The molecule has 1 aromatic carbocycles. The zero-order valence-corrected chi connectivity index (χ0v) is 17.1. The molecule has 0 aliphatic carbocycles. The summed E-state index contributed by atoms with van der Waals surface area (Å²) >= 11 is 0. The Labute approximate surface area is 168 Å². The van der Waals surface area contributed by atoms with Gasteiger partial charge in [0, 0.05) is 31.6 Å². The number of carbonyl (C=O) groups is 1. The third-order valence-corrected chi connectivity index (χ3v) is 7.21. The number of ether oxygens (including phenoxy) is 1. The van der Waals surface area contributed by atoms with E-state index in [2.05, 4.69) is 21.9 Å². The number of benzene rings is 1. The van der Waals surface area contributed by atoms with Crippen LogP contribution in [0.1, 0.15) is 50.5 Å².